The first-order valence-corrected chi connectivity index (χ1v) is 5.83. The lowest BCUT2D eigenvalue weighted by atomic mass is 10.3. The van der Waals surface area contributed by atoms with Crippen molar-refractivity contribution in [2.75, 3.05) is 45.7 Å². The molecule has 0 bridgehead atoms. The fourth-order valence-electron chi connectivity index (χ4n) is 1.75. The maximum Gasteiger partial charge on any atom is 0.0223 e. The summed E-state index contributed by atoms with van der Waals surface area (Å²) in [7, 11) is 2.21. The van der Waals surface area contributed by atoms with E-state index in [1.165, 1.54) is 45.6 Å². The predicted molar refractivity (Wildman–Crippen MR) is 58.5 cm³/mol. The van der Waals surface area contributed by atoms with Crippen LogP contribution in [0.3, 0.4) is 0 Å². The molecular weight excluding hydrogens is 184 g/mol. The second kappa shape index (κ2) is 6.63. The molecule has 0 radical (unpaired) electrons. The van der Waals surface area contributed by atoms with E-state index in [9.17, 15) is 0 Å². The number of likely N-dealkylation sites (N-methyl/N-ethyl adjacent to an activating group) is 1. The fourth-order valence-corrected chi connectivity index (χ4v) is 1.94. The first-order chi connectivity index (χ1) is 6.33. The summed E-state index contributed by atoms with van der Waals surface area (Å²) in [5.41, 5.74) is 0. The molecule has 0 amide bonds. The molecule has 13 heavy (non-hydrogen) atoms. The van der Waals surface area contributed by atoms with Crippen molar-refractivity contribution in [1.82, 2.24) is 9.80 Å². The van der Waals surface area contributed by atoms with E-state index in [0.717, 1.165) is 12.3 Å². The van der Waals surface area contributed by atoms with Gasteiger partial charge in [0.2, 0.25) is 0 Å². The van der Waals surface area contributed by atoms with E-state index in [-0.39, 0.29) is 0 Å². The molecule has 2 nitrogen and oxygen atoms in total. The Kier molecular flexibility index (Phi) is 5.76. The summed E-state index contributed by atoms with van der Waals surface area (Å²) in [6.45, 7) is 6.22. The lowest BCUT2D eigenvalue weighted by molar-refractivity contribution is 0.273. The minimum absolute atomic E-state index is 0.813. The molecule has 1 aliphatic heterocycles. The van der Waals surface area contributed by atoms with Gasteiger partial charge in [0.25, 0.3) is 0 Å². The standard InChI is InChI=1S/C10H21ClN2/c1-12-6-4-8-13(10-9-12)7-3-2-5-11/h2-10H2,1H3. The Bertz CT molecular complexity index is 130. The Balaban J connectivity index is 2.11. The van der Waals surface area contributed by atoms with Crippen LogP contribution in [-0.4, -0.2) is 55.5 Å². The van der Waals surface area contributed by atoms with Crippen LogP contribution in [0.1, 0.15) is 19.3 Å². The molecule has 78 valence electrons. The number of nitrogens with zero attached hydrogens (tertiary/aromatic N) is 2. The van der Waals surface area contributed by atoms with Crippen LogP contribution in [0.5, 0.6) is 0 Å². The predicted octanol–water partition coefficient (Wildman–Crippen LogP) is 1.64. The minimum atomic E-state index is 0.813. The van der Waals surface area contributed by atoms with Gasteiger partial charge in [-0.1, -0.05) is 0 Å². The highest BCUT2D eigenvalue weighted by atomic mass is 35.5. The zero-order valence-corrected chi connectivity index (χ0v) is 9.39. The molecule has 1 saturated heterocycles. The largest absolute Gasteiger partial charge is 0.305 e. The fraction of sp³-hybridized carbons (Fsp3) is 1.00. The van der Waals surface area contributed by atoms with Crippen molar-refractivity contribution in [3.8, 4) is 0 Å². The van der Waals surface area contributed by atoms with Crippen molar-refractivity contribution in [3.05, 3.63) is 0 Å². The number of rotatable bonds is 4. The van der Waals surface area contributed by atoms with Crippen LogP contribution in [0, 0.1) is 0 Å². The van der Waals surface area contributed by atoms with Gasteiger partial charge in [-0.2, -0.15) is 0 Å². The third-order valence-corrected chi connectivity index (χ3v) is 2.94. The average molecular weight is 205 g/mol. The number of unbranched alkanes of at least 4 members (excludes halogenated alkanes) is 1. The Morgan fingerprint density at radius 1 is 1.08 bits per heavy atom. The number of alkyl halides is 1. The molecule has 0 saturated carbocycles. The zero-order chi connectivity index (χ0) is 9.52. The van der Waals surface area contributed by atoms with Crippen molar-refractivity contribution in [2.45, 2.75) is 19.3 Å². The molecule has 0 spiro atoms. The van der Waals surface area contributed by atoms with Crippen molar-refractivity contribution in [3.63, 3.8) is 0 Å². The normalized spacial score (nSPS) is 21.7. The van der Waals surface area contributed by atoms with E-state index in [2.05, 4.69) is 16.8 Å². The van der Waals surface area contributed by atoms with Gasteiger partial charge in [-0.05, 0) is 45.9 Å². The zero-order valence-electron chi connectivity index (χ0n) is 8.64. The minimum Gasteiger partial charge on any atom is -0.305 e. The molecule has 0 unspecified atom stereocenters. The molecule has 1 rings (SSSR count). The molecule has 0 atom stereocenters. The Labute approximate surface area is 86.8 Å². The highest BCUT2D eigenvalue weighted by Crippen LogP contribution is 2.03. The summed E-state index contributed by atoms with van der Waals surface area (Å²) in [5, 5.41) is 0. The third kappa shape index (κ3) is 4.84. The topological polar surface area (TPSA) is 6.48 Å². The first kappa shape index (κ1) is 11.3. The SMILES string of the molecule is CN1CCCN(CCCCCl)CC1. The van der Waals surface area contributed by atoms with Gasteiger partial charge in [-0.3, -0.25) is 0 Å². The summed E-state index contributed by atoms with van der Waals surface area (Å²) < 4.78 is 0. The average Bonchev–Trinajstić information content (AvgIpc) is 2.32. The van der Waals surface area contributed by atoms with Crippen molar-refractivity contribution < 1.29 is 0 Å². The molecule has 0 aliphatic carbocycles. The maximum absolute atomic E-state index is 5.65. The first-order valence-electron chi connectivity index (χ1n) is 5.30. The lowest BCUT2D eigenvalue weighted by Gasteiger charge is -2.19. The van der Waals surface area contributed by atoms with Crippen molar-refractivity contribution in [1.29, 1.82) is 0 Å². The van der Waals surface area contributed by atoms with Gasteiger partial charge in [-0.15, -0.1) is 11.6 Å². The second-order valence-corrected chi connectivity index (χ2v) is 4.27. The summed E-state index contributed by atoms with van der Waals surface area (Å²) in [6, 6.07) is 0. The van der Waals surface area contributed by atoms with E-state index < -0.39 is 0 Å². The van der Waals surface area contributed by atoms with Gasteiger partial charge in [-0.25, -0.2) is 0 Å². The Hall–Kier alpha value is 0.210. The highest BCUT2D eigenvalue weighted by molar-refractivity contribution is 6.17. The van der Waals surface area contributed by atoms with Gasteiger partial charge in [0.1, 0.15) is 0 Å². The van der Waals surface area contributed by atoms with Crippen LogP contribution in [0.25, 0.3) is 0 Å². The quantitative estimate of drug-likeness (QED) is 0.508. The van der Waals surface area contributed by atoms with Gasteiger partial charge >= 0.3 is 0 Å². The van der Waals surface area contributed by atoms with Crippen molar-refractivity contribution in [2.24, 2.45) is 0 Å². The molecule has 1 fully saturated rings. The van der Waals surface area contributed by atoms with Crippen LogP contribution in [-0.2, 0) is 0 Å². The van der Waals surface area contributed by atoms with E-state index in [4.69, 9.17) is 11.6 Å². The monoisotopic (exact) mass is 204 g/mol. The summed E-state index contributed by atoms with van der Waals surface area (Å²) in [6.07, 6.45) is 3.73. The summed E-state index contributed by atoms with van der Waals surface area (Å²) >= 11 is 5.65. The van der Waals surface area contributed by atoms with Crippen LogP contribution in [0.4, 0.5) is 0 Å². The molecule has 0 aromatic carbocycles. The van der Waals surface area contributed by atoms with Crippen molar-refractivity contribution >= 4 is 11.6 Å². The molecule has 0 N–H and O–H groups in total. The van der Waals surface area contributed by atoms with Crippen LogP contribution in [0.2, 0.25) is 0 Å². The van der Waals surface area contributed by atoms with Crippen LogP contribution in [0.15, 0.2) is 0 Å². The second-order valence-electron chi connectivity index (χ2n) is 3.89. The van der Waals surface area contributed by atoms with E-state index in [1.807, 2.05) is 0 Å². The maximum atomic E-state index is 5.65. The van der Waals surface area contributed by atoms with Gasteiger partial charge in [0.15, 0.2) is 0 Å². The third-order valence-electron chi connectivity index (χ3n) is 2.67. The van der Waals surface area contributed by atoms with Crippen LogP contribution >= 0.6 is 11.6 Å². The molecule has 1 heterocycles. The highest BCUT2D eigenvalue weighted by Gasteiger charge is 2.10. The van der Waals surface area contributed by atoms with E-state index in [0.29, 0.717) is 0 Å². The van der Waals surface area contributed by atoms with Crippen LogP contribution < -0.4 is 0 Å². The lowest BCUT2D eigenvalue weighted by Crippen LogP contribution is -2.29. The summed E-state index contributed by atoms with van der Waals surface area (Å²) in [5.74, 6) is 0.813. The Morgan fingerprint density at radius 2 is 1.92 bits per heavy atom. The number of hydrogen-bond acceptors (Lipinski definition) is 2. The molecule has 0 aromatic rings. The summed E-state index contributed by atoms with van der Waals surface area (Å²) in [4.78, 5) is 4.98. The smallest absolute Gasteiger partial charge is 0.0223 e. The van der Waals surface area contributed by atoms with Gasteiger partial charge < -0.3 is 9.80 Å². The molecule has 3 heteroatoms. The molecule has 0 aromatic heterocycles. The van der Waals surface area contributed by atoms with E-state index >= 15 is 0 Å². The number of halogens is 1. The van der Waals surface area contributed by atoms with E-state index in [1.54, 1.807) is 0 Å². The molecule has 1 aliphatic rings. The number of hydrogen-bond donors (Lipinski definition) is 0. The van der Waals surface area contributed by atoms with Gasteiger partial charge in [0, 0.05) is 19.0 Å². The van der Waals surface area contributed by atoms with Gasteiger partial charge in [0.05, 0.1) is 0 Å². The Morgan fingerprint density at radius 3 is 2.69 bits per heavy atom. The molecular formula is C10H21ClN2.